The maximum atomic E-state index is 12.8. The van der Waals surface area contributed by atoms with Crippen LogP contribution in [0.3, 0.4) is 0 Å². The van der Waals surface area contributed by atoms with Crippen molar-refractivity contribution in [2.45, 2.75) is 12.2 Å². The van der Waals surface area contributed by atoms with Crippen molar-refractivity contribution in [3.8, 4) is 0 Å². The Balaban J connectivity index is 2.13. The maximum Gasteiger partial charge on any atom is 0.416 e. The highest BCUT2D eigenvalue weighted by molar-refractivity contribution is 5.35. The third kappa shape index (κ3) is 3.25. The van der Waals surface area contributed by atoms with Crippen LogP contribution < -0.4 is 5.56 Å². The normalized spacial score (nSPS) is 12.8. The molecule has 5 heteroatoms. The lowest BCUT2D eigenvalue weighted by molar-refractivity contribution is -0.137. The van der Waals surface area contributed by atoms with E-state index in [0.29, 0.717) is 5.56 Å². The SMILES string of the molecule is O=c1ccccn1C(c1ccccc1)c1ccc(C(F)(F)F)cc1. The molecule has 0 aliphatic carbocycles. The van der Waals surface area contributed by atoms with Gasteiger partial charge in [0.1, 0.15) is 0 Å². The van der Waals surface area contributed by atoms with Crippen LogP contribution in [0.5, 0.6) is 0 Å². The molecule has 1 atom stereocenters. The third-order valence-electron chi connectivity index (χ3n) is 3.80. The van der Waals surface area contributed by atoms with Crippen LogP contribution >= 0.6 is 0 Å². The van der Waals surface area contributed by atoms with E-state index >= 15 is 0 Å². The van der Waals surface area contributed by atoms with Crippen molar-refractivity contribution in [3.05, 3.63) is 106 Å². The molecule has 122 valence electrons. The van der Waals surface area contributed by atoms with Crippen LogP contribution in [0.25, 0.3) is 0 Å². The first kappa shape index (κ1) is 16.1. The van der Waals surface area contributed by atoms with Crippen LogP contribution in [0, 0.1) is 0 Å². The monoisotopic (exact) mass is 329 g/mol. The molecule has 0 N–H and O–H groups in total. The zero-order valence-electron chi connectivity index (χ0n) is 12.6. The fraction of sp³-hybridized carbons (Fsp3) is 0.105. The van der Waals surface area contributed by atoms with E-state index in [9.17, 15) is 18.0 Å². The zero-order chi connectivity index (χ0) is 17.2. The summed E-state index contributed by atoms with van der Waals surface area (Å²) < 4.78 is 39.8. The van der Waals surface area contributed by atoms with Gasteiger partial charge in [0.15, 0.2) is 0 Å². The Labute approximate surface area is 136 Å². The molecule has 2 aromatic carbocycles. The molecular weight excluding hydrogens is 315 g/mol. The van der Waals surface area contributed by atoms with Gasteiger partial charge in [-0.25, -0.2) is 0 Å². The van der Waals surface area contributed by atoms with E-state index in [4.69, 9.17) is 0 Å². The highest BCUT2D eigenvalue weighted by Crippen LogP contribution is 2.31. The Hall–Kier alpha value is -2.82. The Morgan fingerprint density at radius 1 is 0.750 bits per heavy atom. The predicted octanol–water partition coefficient (Wildman–Crippen LogP) is 4.50. The summed E-state index contributed by atoms with van der Waals surface area (Å²) in [6, 6.07) is 18.4. The van der Waals surface area contributed by atoms with Crippen molar-refractivity contribution < 1.29 is 13.2 Å². The number of pyridine rings is 1. The summed E-state index contributed by atoms with van der Waals surface area (Å²) in [6.07, 6.45) is -2.75. The molecule has 3 rings (SSSR count). The second-order valence-electron chi connectivity index (χ2n) is 5.38. The van der Waals surface area contributed by atoms with Crippen molar-refractivity contribution in [1.82, 2.24) is 4.57 Å². The largest absolute Gasteiger partial charge is 0.416 e. The molecule has 0 fully saturated rings. The molecule has 0 spiro atoms. The summed E-state index contributed by atoms with van der Waals surface area (Å²) in [5, 5.41) is 0. The minimum absolute atomic E-state index is 0.216. The molecule has 1 unspecified atom stereocenters. The van der Waals surface area contributed by atoms with Gasteiger partial charge >= 0.3 is 6.18 Å². The molecule has 0 aliphatic heterocycles. The van der Waals surface area contributed by atoms with Gasteiger partial charge in [-0.3, -0.25) is 4.79 Å². The van der Waals surface area contributed by atoms with Gasteiger partial charge in [0, 0.05) is 12.3 Å². The molecule has 0 aliphatic rings. The van der Waals surface area contributed by atoms with E-state index < -0.39 is 17.8 Å². The summed E-state index contributed by atoms with van der Waals surface area (Å²) in [4.78, 5) is 12.2. The Morgan fingerprint density at radius 2 is 1.33 bits per heavy atom. The van der Waals surface area contributed by atoms with E-state index in [-0.39, 0.29) is 5.56 Å². The lowest BCUT2D eigenvalue weighted by atomic mass is 9.97. The van der Waals surface area contributed by atoms with Crippen LogP contribution in [0.2, 0.25) is 0 Å². The minimum Gasteiger partial charge on any atom is -0.304 e. The van der Waals surface area contributed by atoms with Gasteiger partial charge in [-0.05, 0) is 29.3 Å². The third-order valence-corrected chi connectivity index (χ3v) is 3.80. The highest BCUT2D eigenvalue weighted by atomic mass is 19.4. The van der Waals surface area contributed by atoms with Crippen molar-refractivity contribution in [1.29, 1.82) is 0 Å². The molecule has 0 radical (unpaired) electrons. The number of alkyl halides is 3. The number of nitrogens with zero attached hydrogens (tertiary/aromatic N) is 1. The molecular formula is C19H14F3NO. The van der Waals surface area contributed by atoms with Gasteiger partial charge in [0.25, 0.3) is 5.56 Å². The van der Waals surface area contributed by atoms with E-state index in [1.54, 1.807) is 18.3 Å². The summed E-state index contributed by atoms with van der Waals surface area (Å²) in [7, 11) is 0. The molecule has 0 bridgehead atoms. The van der Waals surface area contributed by atoms with Gasteiger partial charge < -0.3 is 4.57 Å². The average molecular weight is 329 g/mol. The second kappa shape index (κ2) is 6.35. The molecule has 0 saturated heterocycles. The lowest BCUT2D eigenvalue weighted by Gasteiger charge is -2.21. The molecule has 0 saturated carbocycles. The van der Waals surface area contributed by atoms with Crippen molar-refractivity contribution in [2.24, 2.45) is 0 Å². The van der Waals surface area contributed by atoms with Crippen molar-refractivity contribution in [3.63, 3.8) is 0 Å². The van der Waals surface area contributed by atoms with E-state index in [0.717, 1.165) is 17.7 Å². The number of aromatic nitrogens is 1. The van der Waals surface area contributed by atoms with Crippen LogP contribution in [0.4, 0.5) is 13.2 Å². The minimum atomic E-state index is -4.38. The Morgan fingerprint density at radius 3 is 1.92 bits per heavy atom. The summed E-state index contributed by atoms with van der Waals surface area (Å²) >= 11 is 0. The predicted molar refractivity (Wildman–Crippen MR) is 85.8 cm³/mol. The van der Waals surface area contributed by atoms with Gasteiger partial charge in [-0.2, -0.15) is 13.2 Å². The van der Waals surface area contributed by atoms with E-state index in [2.05, 4.69) is 0 Å². The first-order valence-corrected chi connectivity index (χ1v) is 7.36. The Kier molecular flexibility index (Phi) is 4.25. The molecule has 2 nitrogen and oxygen atoms in total. The van der Waals surface area contributed by atoms with Crippen molar-refractivity contribution >= 4 is 0 Å². The number of hydrogen-bond donors (Lipinski definition) is 0. The topological polar surface area (TPSA) is 22.0 Å². The maximum absolute atomic E-state index is 12.8. The standard InChI is InChI=1S/C19H14F3NO/c20-19(21,22)16-11-9-15(10-12-16)18(14-6-2-1-3-7-14)23-13-5-4-8-17(23)24/h1-13,18H. The quantitative estimate of drug-likeness (QED) is 0.693. The van der Waals surface area contributed by atoms with Crippen LogP contribution in [0.15, 0.2) is 83.8 Å². The first-order valence-electron chi connectivity index (χ1n) is 7.36. The van der Waals surface area contributed by atoms with Crippen molar-refractivity contribution in [2.75, 3.05) is 0 Å². The first-order chi connectivity index (χ1) is 11.5. The number of rotatable bonds is 3. The lowest BCUT2D eigenvalue weighted by Crippen LogP contribution is -2.25. The smallest absolute Gasteiger partial charge is 0.304 e. The van der Waals surface area contributed by atoms with Crippen LogP contribution in [-0.2, 0) is 6.18 Å². The highest BCUT2D eigenvalue weighted by Gasteiger charge is 2.30. The molecule has 0 amide bonds. The summed E-state index contributed by atoms with van der Waals surface area (Å²) in [6.45, 7) is 0. The summed E-state index contributed by atoms with van der Waals surface area (Å²) in [5.74, 6) is 0. The molecule has 1 aromatic heterocycles. The molecule has 1 heterocycles. The second-order valence-corrected chi connectivity index (χ2v) is 5.38. The van der Waals surface area contributed by atoms with Gasteiger partial charge in [-0.1, -0.05) is 48.5 Å². The molecule has 24 heavy (non-hydrogen) atoms. The van der Waals surface area contributed by atoms with E-state index in [1.807, 2.05) is 30.3 Å². The fourth-order valence-electron chi connectivity index (χ4n) is 2.66. The van der Waals surface area contributed by atoms with Crippen LogP contribution in [0.1, 0.15) is 22.7 Å². The van der Waals surface area contributed by atoms with Crippen LogP contribution in [-0.4, -0.2) is 4.57 Å². The van der Waals surface area contributed by atoms with E-state index in [1.165, 1.54) is 22.8 Å². The number of halogens is 3. The average Bonchev–Trinajstić information content (AvgIpc) is 2.58. The number of hydrogen-bond acceptors (Lipinski definition) is 1. The van der Waals surface area contributed by atoms with Gasteiger partial charge in [0.05, 0.1) is 11.6 Å². The molecule has 3 aromatic rings. The summed E-state index contributed by atoms with van der Waals surface area (Å²) in [5.41, 5.74) is 0.512. The number of benzene rings is 2. The Bertz CT molecular complexity index is 867. The van der Waals surface area contributed by atoms with Gasteiger partial charge in [-0.15, -0.1) is 0 Å². The van der Waals surface area contributed by atoms with Gasteiger partial charge in [0.2, 0.25) is 0 Å². The zero-order valence-corrected chi connectivity index (χ0v) is 12.6. The fourth-order valence-corrected chi connectivity index (χ4v) is 2.66.